The van der Waals surface area contributed by atoms with Crippen molar-refractivity contribution in [2.75, 3.05) is 0 Å². The molecule has 0 heterocycles. The molecule has 1 aliphatic rings. The van der Waals surface area contributed by atoms with Crippen molar-refractivity contribution >= 4 is 11.6 Å². The van der Waals surface area contributed by atoms with Gasteiger partial charge in [0.15, 0.2) is 11.3 Å². The lowest BCUT2D eigenvalue weighted by Crippen LogP contribution is -2.42. The average molecular weight is 336 g/mol. The molecule has 2 aromatic carbocycles. The highest BCUT2D eigenvalue weighted by Crippen LogP contribution is 2.60. The Bertz CT molecular complexity index is 848. The SMILES string of the molecule is CC(=O)C(N=C(C)N)(c1cccc(-c2cccc(O)c2)c1)C1(C)CC1. The van der Waals surface area contributed by atoms with Crippen LogP contribution in [0.3, 0.4) is 0 Å². The second kappa shape index (κ2) is 6.03. The number of phenolic OH excluding ortho intramolecular Hbond substituents is 1. The van der Waals surface area contributed by atoms with Crippen molar-refractivity contribution in [3.05, 3.63) is 54.1 Å². The molecule has 0 spiro atoms. The van der Waals surface area contributed by atoms with Gasteiger partial charge < -0.3 is 10.8 Å². The fourth-order valence-corrected chi connectivity index (χ4v) is 3.68. The Labute approximate surface area is 148 Å². The monoisotopic (exact) mass is 336 g/mol. The predicted octanol–water partition coefficient (Wildman–Crippen LogP) is 4.02. The lowest BCUT2D eigenvalue weighted by atomic mass is 9.73. The van der Waals surface area contributed by atoms with Gasteiger partial charge in [0.05, 0.1) is 5.84 Å². The summed E-state index contributed by atoms with van der Waals surface area (Å²) in [6, 6.07) is 14.9. The number of hydrogen-bond donors (Lipinski definition) is 2. The normalized spacial score (nSPS) is 18.4. The van der Waals surface area contributed by atoms with E-state index in [0.29, 0.717) is 5.84 Å². The summed E-state index contributed by atoms with van der Waals surface area (Å²) in [5, 5.41) is 9.76. The van der Waals surface area contributed by atoms with Crippen LogP contribution in [-0.4, -0.2) is 16.7 Å². The molecule has 2 aromatic rings. The maximum atomic E-state index is 12.8. The lowest BCUT2D eigenvalue weighted by Gasteiger charge is -2.35. The molecule has 0 radical (unpaired) electrons. The summed E-state index contributed by atoms with van der Waals surface area (Å²) >= 11 is 0. The number of carbonyl (C=O) groups excluding carboxylic acids is 1. The number of nitrogens with two attached hydrogens (primary N) is 1. The third-order valence-corrected chi connectivity index (χ3v) is 5.19. The molecule has 0 bridgehead atoms. The summed E-state index contributed by atoms with van der Waals surface area (Å²) in [5.41, 5.74) is 7.43. The number of phenols is 1. The number of Topliss-reactive ketones (excluding diaryl/α,β-unsaturated/α-hetero) is 1. The van der Waals surface area contributed by atoms with Gasteiger partial charge in [0.1, 0.15) is 5.75 Å². The molecular formula is C21H24N2O2. The summed E-state index contributed by atoms with van der Waals surface area (Å²) in [5.74, 6) is 0.627. The van der Waals surface area contributed by atoms with Crippen molar-refractivity contribution in [1.82, 2.24) is 0 Å². The highest BCUT2D eigenvalue weighted by molar-refractivity contribution is 5.93. The Balaban J connectivity index is 2.20. The van der Waals surface area contributed by atoms with E-state index in [1.54, 1.807) is 32.0 Å². The smallest absolute Gasteiger partial charge is 0.162 e. The highest BCUT2D eigenvalue weighted by Gasteiger charge is 2.60. The highest BCUT2D eigenvalue weighted by atomic mass is 16.3. The number of carbonyl (C=O) groups is 1. The van der Waals surface area contributed by atoms with E-state index in [9.17, 15) is 9.90 Å². The van der Waals surface area contributed by atoms with E-state index in [-0.39, 0.29) is 16.9 Å². The van der Waals surface area contributed by atoms with Crippen molar-refractivity contribution in [3.63, 3.8) is 0 Å². The molecule has 1 fully saturated rings. The van der Waals surface area contributed by atoms with Crippen molar-refractivity contribution in [2.24, 2.45) is 16.1 Å². The van der Waals surface area contributed by atoms with Gasteiger partial charge in [0, 0.05) is 5.41 Å². The predicted molar refractivity (Wildman–Crippen MR) is 101 cm³/mol. The van der Waals surface area contributed by atoms with Gasteiger partial charge in [-0.1, -0.05) is 37.3 Å². The van der Waals surface area contributed by atoms with E-state index in [4.69, 9.17) is 5.73 Å². The molecule has 1 unspecified atom stereocenters. The molecule has 1 atom stereocenters. The molecule has 1 aliphatic carbocycles. The van der Waals surface area contributed by atoms with Crippen LogP contribution < -0.4 is 5.73 Å². The molecule has 0 aromatic heterocycles. The first-order chi connectivity index (χ1) is 11.8. The minimum Gasteiger partial charge on any atom is -0.508 e. The summed E-state index contributed by atoms with van der Waals surface area (Å²) in [6.07, 6.45) is 1.89. The molecule has 1 saturated carbocycles. The van der Waals surface area contributed by atoms with E-state index in [1.807, 2.05) is 30.3 Å². The fraction of sp³-hybridized carbons (Fsp3) is 0.333. The topological polar surface area (TPSA) is 75.7 Å². The number of rotatable bonds is 5. The molecular weight excluding hydrogens is 312 g/mol. The van der Waals surface area contributed by atoms with Crippen LogP contribution in [0, 0.1) is 5.41 Å². The zero-order valence-corrected chi connectivity index (χ0v) is 14.9. The van der Waals surface area contributed by atoms with Crippen LogP contribution in [0.25, 0.3) is 11.1 Å². The van der Waals surface area contributed by atoms with Crippen LogP contribution in [0.5, 0.6) is 5.75 Å². The van der Waals surface area contributed by atoms with E-state index in [2.05, 4.69) is 11.9 Å². The third-order valence-electron chi connectivity index (χ3n) is 5.19. The number of hydrogen-bond acceptors (Lipinski definition) is 3. The molecule has 4 heteroatoms. The molecule has 3 rings (SSSR count). The number of aliphatic imine (C=N–C) groups is 1. The van der Waals surface area contributed by atoms with Crippen molar-refractivity contribution in [1.29, 1.82) is 0 Å². The third kappa shape index (κ3) is 2.93. The number of ketones is 1. The Kier molecular flexibility index (Phi) is 4.15. The van der Waals surface area contributed by atoms with E-state index >= 15 is 0 Å². The first kappa shape index (κ1) is 17.2. The summed E-state index contributed by atoms with van der Waals surface area (Å²) < 4.78 is 0. The van der Waals surface area contributed by atoms with Crippen LogP contribution >= 0.6 is 0 Å². The molecule has 0 saturated heterocycles. The Morgan fingerprint density at radius 3 is 2.24 bits per heavy atom. The van der Waals surface area contributed by atoms with E-state index < -0.39 is 5.54 Å². The van der Waals surface area contributed by atoms with Gasteiger partial charge in [-0.25, -0.2) is 0 Å². The summed E-state index contributed by atoms with van der Waals surface area (Å²) in [4.78, 5) is 17.4. The molecule has 0 amide bonds. The van der Waals surface area contributed by atoms with E-state index in [1.165, 1.54) is 0 Å². The van der Waals surface area contributed by atoms with Crippen LogP contribution in [0.2, 0.25) is 0 Å². The Morgan fingerprint density at radius 1 is 1.12 bits per heavy atom. The van der Waals surface area contributed by atoms with Crippen LogP contribution in [0.1, 0.15) is 39.2 Å². The van der Waals surface area contributed by atoms with Crippen molar-refractivity contribution < 1.29 is 9.90 Å². The lowest BCUT2D eigenvalue weighted by molar-refractivity contribution is -0.124. The van der Waals surface area contributed by atoms with Gasteiger partial charge in [-0.15, -0.1) is 0 Å². The summed E-state index contributed by atoms with van der Waals surface area (Å²) in [6.45, 7) is 5.42. The van der Waals surface area contributed by atoms with Crippen LogP contribution in [-0.2, 0) is 10.3 Å². The molecule has 4 nitrogen and oxygen atoms in total. The van der Waals surface area contributed by atoms with E-state index in [0.717, 1.165) is 29.5 Å². The quantitative estimate of drug-likeness (QED) is 0.639. The number of amidine groups is 1. The van der Waals surface area contributed by atoms with Gasteiger partial charge in [-0.05, 0) is 61.6 Å². The number of nitrogens with zero attached hydrogens (tertiary/aromatic N) is 1. The Morgan fingerprint density at radius 2 is 1.72 bits per heavy atom. The average Bonchev–Trinajstić information content (AvgIpc) is 3.31. The Hall–Kier alpha value is -2.62. The number of benzene rings is 2. The second-order valence-corrected chi connectivity index (χ2v) is 7.21. The minimum absolute atomic E-state index is 0.00496. The molecule has 0 aliphatic heterocycles. The molecule has 130 valence electrons. The fourth-order valence-electron chi connectivity index (χ4n) is 3.68. The first-order valence-corrected chi connectivity index (χ1v) is 8.51. The standard InChI is InChI=1S/C21H24N2O2/c1-14(24)21(23-15(2)22,20(3)10-11-20)18-8-4-6-16(12-18)17-7-5-9-19(25)13-17/h4-9,12-13,25H,10-11H2,1-3H3,(H2,22,23). The zero-order chi connectivity index (χ0) is 18.2. The van der Waals surface area contributed by atoms with Crippen molar-refractivity contribution in [2.45, 2.75) is 39.2 Å². The van der Waals surface area contributed by atoms with Gasteiger partial charge in [0.25, 0.3) is 0 Å². The minimum atomic E-state index is -0.960. The summed E-state index contributed by atoms with van der Waals surface area (Å²) in [7, 11) is 0. The number of aromatic hydroxyl groups is 1. The maximum Gasteiger partial charge on any atom is 0.162 e. The molecule has 25 heavy (non-hydrogen) atoms. The largest absolute Gasteiger partial charge is 0.508 e. The van der Waals surface area contributed by atoms with Crippen LogP contribution in [0.4, 0.5) is 0 Å². The van der Waals surface area contributed by atoms with Gasteiger partial charge in [-0.2, -0.15) is 0 Å². The molecule has 3 N–H and O–H groups in total. The van der Waals surface area contributed by atoms with Gasteiger partial charge >= 0.3 is 0 Å². The maximum absolute atomic E-state index is 12.8. The van der Waals surface area contributed by atoms with Gasteiger partial charge in [-0.3, -0.25) is 9.79 Å². The first-order valence-electron chi connectivity index (χ1n) is 8.51. The van der Waals surface area contributed by atoms with Crippen molar-refractivity contribution in [3.8, 4) is 16.9 Å². The van der Waals surface area contributed by atoms with Gasteiger partial charge in [0.2, 0.25) is 0 Å². The second-order valence-electron chi connectivity index (χ2n) is 7.21. The zero-order valence-electron chi connectivity index (χ0n) is 14.9. The van der Waals surface area contributed by atoms with Crippen LogP contribution in [0.15, 0.2) is 53.5 Å².